The Morgan fingerprint density at radius 3 is 1.22 bits per heavy atom. The van der Waals surface area contributed by atoms with Gasteiger partial charge >= 0.3 is 23.9 Å². The highest BCUT2D eigenvalue weighted by Crippen LogP contribution is 2.45. The molecule has 2 saturated carbocycles. The number of aliphatic hydroxyl groups is 1. The average molecular weight is 1290 g/mol. The minimum absolute atomic E-state index is 0.0573. The van der Waals surface area contributed by atoms with Gasteiger partial charge in [-0.2, -0.15) is 10.2 Å². The fourth-order valence-corrected chi connectivity index (χ4v) is 11.9. The first-order valence-electron chi connectivity index (χ1n) is 32.9. The number of esters is 4. The van der Waals surface area contributed by atoms with E-state index in [2.05, 4.69) is 15.8 Å². The van der Waals surface area contributed by atoms with Gasteiger partial charge in [0.15, 0.2) is 30.2 Å². The van der Waals surface area contributed by atoms with Crippen LogP contribution in [0.1, 0.15) is 172 Å². The van der Waals surface area contributed by atoms with E-state index in [0.29, 0.717) is 46.7 Å². The Hall–Kier alpha value is -8.14. The predicted octanol–water partition coefficient (Wildman–Crippen LogP) is 8.66. The van der Waals surface area contributed by atoms with Crippen molar-refractivity contribution in [1.82, 2.24) is 39.2 Å². The van der Waals surface area contributed by atoms with Crippen molar-refractivity contribution in [3.63, 3.8) is 0 Å². The van der Waals surface area contributed by atoms with Gasteiger partial charge in [-0.05, 0) is 135 Å². The summed E-state index contributed by atoms with van der Waals surface area (Å²) in [4.78, 5) is 123. The fraction of sp³-hybridized carbons (Fsp3) is 0.577. The number of aliphatic hydroxyl groups excluding tert-OH is 1. The molecule has 0 unspecified atom stereocenters. The summed E-state index contributed by atoms with van der Waals surface area (Å²) in [5, 5.41) is 19.8. The number of rotatable bonds is 20. The second kappa shape index (κ2) is 31.2. The number of nitrogens with zero attached hydrogens (tertiary/aromatic N) is 8. The lowest BCUT2D eigenvalue weighted by Gasteiger charge is -2.35. The molecule has 4 heterocycles. The van der Waals surface area contributed by atoms with Gasteiger partial charge in [-0.15, -0.1) is 0 Å². The molecule has 0 bridgehead atoms. The van der Waals surface area contributed by atoms with E-state index in [1.807, 2.05) is 91.8 Å². The third-order valence-electron chi connectivity index (χ3n) is 17.6. The van der Waals surface area contributed by atoms with Crippen molar-refractivity contribution in [2.24, 2.45) is 23.7 Å². The summed E-state index contributed by atoms with van der Waals surface area (Å²) < 4.78 is 33.8. The van der Waals surface area contributed by atoms with Crippen LogP contribution in [0.4, 0.5) is 0 Å². The monoisotopic (exact) mass is 1280 g/mol. The molecule has 3 aliphatic rings. The molecule has 0 spiro atoms. The zero-order valence-electron chi connectivity index (χ0n) is 56.6. The molecule has 0 radical (unpaired) electrons. The lowest BCUT2D eigenvalue weighted by molar-refractivity contribution is -0.176. The molecular formula is C71H96N8O14. The van der Waals surface area contributed by atoms with E-state index in [4.69, 9.17) is 28.5 Å². The zero-order chi connectivity index (χ0) is 67.7. The third-order valence-corrected chi connectivity index (χ3v) is 17.6. The number of hydrogen-bond donors (Lipinski definition) is 1. The van der Waals surface area contributed by atoms with E-state index >= 15 is 9.59 Å². The van der Waals surface area contributed by atoms with Crippen LogP contribution in [0.15, 0.2) is 83.5 Å². The number of carbonyl (C=O) groups excluding carboxylic acids is 8. The normalized spacial score (nSPS) is 23.3. The molecule has 2 aromatic carbocycles. The van der Waals surface area contributed by atoms with Gasteiger partial charge in [-0.3, -0.25) is 28.5 Å². The van der Waals surface area contributed by atoms with Gasteiger partial charge in [-0.25, -0.2) is 19.2 Å². The van der Waals surface area contributed by atoms with E-state index < -0.39 is 96.1 Å². The molecule has 93 heavy (non-hydrogen) atoms. The number of aromatic nitrogens is 4. The Kier molecular flexibility index (Phi) is 23.7. The van der Waals surface area contributed by atoms with Crippen molar-refractivity contribution in [1.29, 1.82) is 0 Å². The van der Waals surface area contributed by atoms with E-state index in [0.717, 1.165) is 57.2 Å². The van der Waals surface area contributed by atoms with E-state index in [1.54, 1.807) is 35.0 Å². The second-order valence-electron chi connectivity index (χ2n) is 27.4. The Bertz CT molecular complexity index is 3380. The molecule has 1 N–H and O–H groups in total. The molecule has 1 saturated heterocycles. The summed E-state index contributed by atoms with van der Waals surface area (Å²) in [6.45, 7) is 18.1. The number of ether oxygens (including phenoxy) is 4. The molecule has 3 aromatic heterocycles. The lowest BCUT2D eigenvalue weighted by Crippen LogP contribution is -2.55. The molecule has 4 amide bonds. The summed E-state index contributed by atoms with van der Waals surface area (Å²) in [6.07, 6.45) is -0.114. The molecule has 8 atom stereocenters. The van der Waals surface area contributed by atoms with E-state index in [1.165, 1.54) is 58.9 Å². The number of hydrogen-bond acceptors (Lipinski definition) is 16. The first kappa shape index (κ1) is 70.7. The highest BCUT2D eigenvalue weighted by Gasteiger charge is 2.43. The predicted molar refractivity (Wildman–Crippen MR) is 345 cm³/mol. The summed E-state index contributed by atoms with van der Waals surface area (Å²) in [5.41, 5.74) is 6.42. The molecule has 1 aliphatic heterocycles. The van der Waals surface area contributed by atoms with Crippen LogP contribution >= 0.6 is 0 Å². The largest absolute Gasteiger partial charge is 0.463 e. The summed E-state index contributed by atoms with van der Waals surface area (Å²) in [6, 6.07) is 17.0. The van der Waals surface area contributed by atoms with Crippen molar-refractivity contribution < 1.29 is 66.8 Å². The number of cyclic esters (lactones) is 4. The molecular weight excluding hydrogens is 1190 g/mol. The molecule has 5 aromatic rings. The van der Waals surface area contributed by atoms with Crippen LogP contribution in [-0.2, 0) is 89.8 Å². The summed E-state index contributed by atoms with van der Waals surface area (Å²) in [7, 11) is 5.58. The van der Waals surface area contributed by atoms with E-state index in [-0.39, 0.29) is 75.3 Å². The number of benzene rings is 2. The maximum absolute atomic E-state index is 15.2. The van der Waals surface area contributed by atoms with Gasteiger partial charge in [0, 0.05) is 58.6 Å². The van der Waals surface area contributed by atoms with Crippen LogP contribution in [0.25, 0.3) is 11.5 Å². The van der Waals surface area contributed by atoms with Gasteiger partial charge < -0.3 is 48.1 Å². The van der Waals surface area contributed by atoms with Crippen molar-refractivity contribution in [2.75, 3.05) is 28.2 Å². The smallest absolute Gasteiger partial charge is 0.329 e. The molecule has 3 fully saturated rings. The molecule has 22 nitrogen and oxygen atoms in total. The fourth-order valence-electron chi connectivity index (χ4n) is 11.9. The quantitative estimate of drug-likeness (QED) is 0.0565. The van der Waals surface area contributed by atoms with Crippen molar-refractivity contribution in [2.45, 2.75) is 214 Å². The van der Waals surface area contributed by atoms with Gasteiger partial charge in [0.2, 0.25) is 0 Å². The zero-order valence-corrected chi connectivity index (χ0v) is 56.6. The second-order valence-corrected chi connectivity index (χ2v) is 27.4. The molecule has 8 rings (SSSR count). The molecule has 22 heteroatoms. The van der Waals surface area contributed by atoms with Crippen LogP contribution in [0.5, 0.6) is 0 Å². The highest BCUT2D eigenvalue weighted by molar-refractivity contribution is 5.94. The maximum Gasteiger partial charge on any atom is 0.329 e. The van der Waals surface area contributed by atoms with Crippen molar-refractivity contribution in [3.8, 4) is 11.5 Å². The first-order valence-corrected chi connectivity index (χ1v) is 32.9. The number of carbonyl (C=O) groups is 8. The summed E-state index contributed by atoms with van der Waals surface area (Å²) >= 11 is 0. The SMILES string of the molecule is CC(C)C[C@H]1C(=O)O[C@H](Cc2ccc(Cn3nc(C4CC4)cc3C3CC3)cc2)C(=O)N(C)[C@@H](CC(C)C)C(=O)O[C@H](C)C(=O)N(C)[C@@H](CC(C)C)C(=O)O[C@H](Cc2ccc(Cn3nc(-c4ccco4)cc3CO)cc2)C(=O)N(C)[C@@H](CC(C)C)C(=O)O[C@H](C)C(=O)N1C. The summed E-state index contributed by atoms with van der Waals surface area (Å²) in [5.74, 6) is -6.07. The Morgan fingerprint density at radius 2 is 0.849 bits per heavy atom. The van der Waals surface area contributed by atoms with E-state index in [9.17, 15) is 33.9 Å². The third kappa shape index (κ3) is 18.4. The maximum atomic E-state index is 15.2. The average Bonchev–Trinajstić information content (AvgIpc) is 1.67. The number of likely N-dealkylation sites (N-methyl/N-ethyl adjacent to an activating group) is 4. The number of amides is 4. The molecule has 504 valence electrons. The van der Waals surface area contributed by atoms with Gasteiger partial charge in [0.05, 0.1) is 37.3 Å². The van der Waals surface area contributed by atoms with Crippen LogP contribution in [0.3, 0.4) is 0 Å². The Labute approximate surface area is 546 Å². The van der Waals surface area contributed by atoms with Crippen LogP contribution in [0.2, 0.25) is 0 Å². The standard InChI is InChI=1S/C71H96N8O14/c1-41(2)30-57-68(85)90-46(10)65(82)75(12)60(33-44(7)8)71(88)93-63(35-48-19-23-50(24-20-48)39-79-56(52-27-28-52)37-54(72-79)51-25-26-51)67(84)77(14)58(31-42(3)4)69(86)91-45(9)64(81)74(11)59(32-43(5)6)70(87)92-62(66(83)76(57)13)34-47-17-21-49(22-18-47)38-78-53(40-80)36-55(73-78)61-16-15-29-89-61/h15-24,29,36-37,41-46,51-52,57-60,62-63,80H,25-28,30-35,38-40H2,1-14H3/t45-,46-,57+,58+,59+,60+,62-,63-/m1/s1. The van der Waals surface area contributed by atoms with Gasteiger partial charge in [0.1, 0.15) is 29.9 Å². The first-order chi connectivity index (χ1) is 44.1. The molecule has 2 aliphatic carbocycles. The highest BCUT2D eigenvalue weighted by atomic mass is 16.6. The van der Waals surface area contributed by atoms with Crippen LogP contribution < -0.4 is 0 Å². The van der Waals surface area contributed by atoms with Crippen molar-refractivity contribution in [3.05, 3.63) is 118 Å². The van der Waals surface area contributed by atoms with Crippen molar-refractivity contribution >= 4 is 47.5 Å². The minimum Gasteiger partial charge on any atom is -0.463 e. The van der Waals surface area contributed by atoms with Crippen LogP contribution in [-0.4, -0.2) is 169 Å². The van der Waals surface area contributed by atoms with Crippen LogP contribution in [0, 0.1) is 23.7 Å². The lowest BCUT2D eigenvalue weighted by atomic mass is 9.99. The minimum atomic E-state index is -1.59. The van der Waals surface area contributed by atoms with Gasteiger partial charge in [-0.1, -0.05) is 104 Å². The topological polar surface area (TPSA) is 255 Å². The van der Waals surface area contributed by atoms with Gasteiger partial charge in [0.25, 0.3) is 23.6 Å². The number of furan rings is 1. The Balaban J connectivity index is 1.12. The Morgan fingerprint density at radius 1 is 0.473 bits per heavy atom.